The minimum Gasteiger partial charge on any atom is -0.438 e. The van der Waals surface area contributed by atoms with E-state index in [-0.39, 0.29) is 47.1 Å². The summed E-state index contributed by atoms with van der Waals surface area (Å²) in [5.74, 6) is -0.306. The van der Waals surface area contributed by atoms with Crippen LogP contribution in [0.5, 0.6) is 11.6 Å². The van der Waals surface area contributed by atoms with Crippen molar-refractivity contribution in [2.45, 2.75) is 6.42 Å². The second-order valence-electron chi connectivity index (χ2n) is 7.48. The highest BCUT2D eigenvalue weighted by molar-refractivity contribution is 6.06. The number of imide groups is 1. The van der Waals surface area contributed by atoms with Gasteiger partial charge in [-0.1, -0.05) is 24.3 Å². The van der Waals surface area contributed by atoms with Gasteiger partial charge in [0.2, 0.25) is 5.88 Å². The van der Waals surface area contributed by atoms with Crippen LogP contribution in [0.15, 0.2) is 59.8 Å². The first-order valence-corrected chi connectivity index (χ1v) is 9.50. The normalized spacial score (nSPS) is 26.6. The number of carbonyl (C=O) groups is 2. The molecule has 4 unspecified atom stereocenters. The lowest BCUT2D eigenvalue weighted by molar-refractivity contribution is -0.385. The number of amides is 2. The van der Waals surface area contributed by atoms with E-state index in [0.717, 1.165) is 17.6 Å². The van der Waals surface area contributed by atoms with Crippen LogP contribution in [-0.4, -0.2) is 32.9 Å². The lowest BCUT2D eigenvalue weighted by Gasteiger charge is -2.13. The van der Waals surface area contributed by atoms with Crippen molar-refractivity contribution < 1.29 is 19.2 Å². The lowest BCUT2D eigenvalue weighted by atomic mass is 9.85. The molecule has 9 nitrogen and oxygen atoms in total. The quantitative estimate of drug-likeness (QED) is 0.249. The average Bonchev–Trinajstić information content (AvgIpc) is 3.42. The third-order valence-electron chi connectivity index (χ3n) is 5.82. The number of carbonyl (C=O) groups excluding carboxylic acids is 2. The summed E-state index contributed by atoms with van der Waals surface area (Å²) in [6, 6.07) is 9.60. The number of aromatic nitrogens is 1. The Bertz CT molecular complexity index is 1080. The van der Waals surface area contributed by atoms with Gasteiger partial charge in [0.05, 0.1) is 23.0 Å². The Kier molecular flexibility index (Phi) is 4.16. The van der Waals surface area contributed by atoms with Gasteiger partial charge in [0.15, 0.2) is 0 Å². The number of hydrogen-bond acceptors (Lipinski definition) is 7. The fraction of sp³-hybridized carbons (Fsp3) is 0.238. The number of fused-ring (bicyclic) bond motifs is 5. The maximum atomic E-state index is 12.7. The van der Waals surface area contributed by atoms with E-state index in [2.05, 4.69) is 10.1 Å². The Labute approximate surface area is 170 Å². The molecule has 1 saturated carbocycles. The molecule has 2 heterocycles. The van der Waals surface area contributed by atoms with Crippen LogP contribution >= 0.6 is 0 Å². The van der Waals surface area contributed by atoms with Gasteiger partial charge in [0.25, 0.3) is 17.5 Å². The van der Waals surface area contributed by atoms with Gasteiger partial charge in [0.1, 0.15) is 11.9 Å². The highest BCUT2D eigenvalue weighted by Gasteiger charge is 2.59. The molecule has 2 amide bonds. The zero-order valence-corrected chi connectivity index (χ0v) is 15.6. The topological polar surface area (TPSA) is 115 Å². The molecule has 1 aromatic carbocycles. The van der Waals surface area contributed by atoms with E-state index in [0.29, 0.717) is 11.3 Å². The van der Waals surface area contributed by atoms with Gasteiger partial charge in [-0.15, -0.1) is 0 Å². The number of nitro groups is 1. The molecule has 0 N–H and O–H groups in total. The summed E-state index contributed by atoms with van der Waals surface area (Å²) < 4.78 is 5.71. The van der Waals surface area contributed by atoms with E-state index < -0.39 is 4.92 Å². The van der Waals surface area contributed by atoms with Gasteiger partial charge < -0.3 is 4.74 Å². The van der Waals surface area contributed by atoms with Gasteiger partial charge in [-0.25, -0.2) is 4.98 Å². The van der Waals surface area contributed by atoms with Gasteiger partial charge >= 0.3 is 0 Å². The number of nitrogens with zero attached hydrogens (tertiary/aromatic N) is 4. The Morgan fingerprint density at radius 3 is 2.43 bits per heavy atom. The summed E-state index contributed by atoms with van der Waals surface area (Å²) in [5, 5.41) is 15.9. The number of hydrogen-bond donors (Lipinski definition) is 0. The van der Waals surface area contributed by atoms with Crippen molar-refractivity contribution in [2.75, 3.05) is 0 Å². The third kappa shape index (κ3) is 2.86. The number of rotatable bonds is 5. The lowest BCUT2D eigenvalue weighted by Crippen LogP contribution is -2.28. The molecule has 2 aromatic rings. The van der Waals surface area contributed by atoms with Crippen LogP contribution in [0.2, 0.25) is 0 Å². The van der Waals surface area contributed by atoms with E-state index in [9.17, 15) is 19.7 Å². The average molecular weight is 404 g/mol. The van der Waals surface area contributed by atoms with E-state index in [1.54, 1.807) is 24.3 Å². The highest BCUT2D eigenvalue weighted by Crippen LogP contribution is 2.52. The number of hydrazone groups is 1. The second-order valence-corrected chi connectivity index (χ2v) is 7.48. The van der Waals surface area contributed by atoms with Crippen LogP contribution in [-0.2, 0) is 9.59 Å². The molecule has 1 aromatic heterocycles. The predicted octanol–water partition coefficient (Wildman–Crippen LogP) is 2.92. The molecule has 0 radical (unpaired) electrons. The molecule has 2 fully saturated rings. The van der Waals surface area contributed by atoms with Gasteiger partial charge in [-0.3, -0.25) is 19.7 Å². The number of benzene rings is 1. The molecule has 30 heavy (non-hydrogen) atoms. The summed E-state index contributed by atoms with van der Waals surface area (Å²) in [6.45, 7) is 0. The Morgan fingerprint density at radius 1 is 1.10 bits per heavy atom. The largest absolute Gasteiger partial charge is 0.438 e. The van der Waals surface area contributed by atoms with Crippen LogP contribution in [0.4, 0.5) is 5.69 Å². The standard InChI is InChI=1S/C21H16N4O5/c26-20-18-12-5-6-13(9-12)19(18)21(27)24(20)23-10-14-3-1-2-4-16(14)30-17-8-7-15(11-22-17)25(28)29/h1-8,10-13,18-19H,9H2. The fourth-order valence-electron chi connectivity index (χ4n) is 4.45. The van der Waals surface area contributed by atoms with Crippen LogP contribution in [0.25, 0.3) is 0 Å². The summed E-state index contributed by atoms with van der Waals surface area (Å²) in [7, 11) is 0. The van der Waals surface area contributed by atoms with E-state index in [1.807, 2.05) is 12.2 Å². The molecule has 5 rings (SSSR count). The molecule has 1 saturated heterocycles. The molecule has 0 spiro atoms. The Morgan fingerprint density at radius 2 is 1.80 bits per heavy atom. The van der Waals surface area contributed by atoms with Gasteiger partial charge in [-0.05, 0) is 30.4 Å². The molecule has 4 atom stereocenters. The third-order valence-corrected chi connectivity index (χ3v) is 5.82. The van der Waals surface area contributed by atoms with Crippen molar-refractivity contribution in [1.82, 2.24) is 9.99 Å². The SMILES string of the molecule is O=C1C2C3C=CC(C3)C2C(=O)N1N=Cc1ccccc1Oc1ccc([N+](=O)[O-])cn1. The minimum absolute atomic E-state index is 0.125. The smallest absolute Gasteiger partial charge is 0.287 e. The second kappa shape index (κ2) is 6.87. The molecule has 2 aliphatic carbocycles. The summed E-state index contributed by atoms with van der Waals surface area (Å²) in [4.78, 5) is 39.6. The molecular formula is C21H16N4O5. The van der Waals surface area contributed by atoms with Crippen molar-refractivity contribution in [3.63, 3.8) is 0 Å². The summed E-state index contributed by atoms with van der Waals surface area (Å²) in [6.07, 6.45) is 7.44. The van der Waals surface area contributed by atoms with E-state index in [4.69, 9.17) is 4.74 Å². The number of pyridine rings is 1. The molecular weight excluding hydrogens is 388 g/mol. The van der Waals surface area contributed by atoms with Crippen LogP contribution in [0.3, 0.4) is 0 Å². The molecule has 9 heteroatoms. The van der Waals surface area contributed by atoms with Crippen molar-refractivity contribution in [1.29, 1.82) is 0 Å². The van der Waals surface area contributed by atoms with Crippen LogP contribution in [0, 0.1) is 33.8 Å². The van der Waals surface area contributed by atoms with Crippen molar-refractivity contribution in [3.05, 3.63) is 70.4 Å². The van der Waals surface area contributed by atoms with Gasteiger partial charge in [0, 0.05) is 17.7 Å². The maximum absolute atomic E-state index is 12.7. The summed E-state index contributed by atoms with van der Waals surface area (Å²) in [5.41, 5.74) is 0.397. The zero-order chi connectivity index (χ0) is 20.8. The Hall–Kier alpha value is -3.88. The first kappa shape index (κ1) is 18.2. The fourth-order valence-corrected chi connectivity index (χ4v) is 4.45. The maximum Gasteiger partial charge on any atom is 0.287 e. The number of ether oxygens (including phenoxy) is 1. The van der Waals surface area contributed by atoms with Crippen molar-refractivity contribution in [3.8, 4) is 11.6 Å². The van der Waals surface area contributed by atoms with E-state index >= 15 is 0 Å². The Balaban J connectivity index is 1.36. The van der Waals surface area contributed by atoms with Crippen LogP contribution < -0.4 is 4.74 Å². The summed E-state index contributed by atoms with van der Waals surface area (Å²) >= 11 is 0. The zero-order valence-electron chi connectivity index (χ0n) is 15.6. The molecule has 3 aliphatic rings. The molecule has 2 bridgehead atoms. The first-order chi connectivity index (χ1) is 14.5. The van der Waals surface area contributed by atoms with Gasteiger partial charge in [-0.2, -0.15) is 10.1 Å². The predicted molar refractivity (Wildman–Crippen MR) is 105 cm³/mol. The van der Waals surface area contributed by atoms with Crippen molar-refractivity contribution in [2.24, 2.45) is 28.8 Å². The molecule has 150 valence electrons. The number of para-hydroxylation sites is 1. The van der Waals surface area contributed by atoms with Crippen LogP contribution in [0.1, 0.15) is 12.0 Å². The first-order valence-electron chi connectivity index (χ1n) is 9.50. The van der Waals surface area contributed by atoms with E-state index in [1.165, 1.54) is 18.3 Å². The monoisotopic (exact) mass is 404 g/mol. The molecule has 1 aliphatic heterocycles. The number of allylic oxidation sites excluding steroid dienone is 2. The van der Waals surface area contributed by atoms with Crippen molar-refractivity contribution >= 4 is 23.7 Å². The highest BCUT2D eigenvalue weighted by atomic mass is 16.6. The minimum atomic E-state index is -0.543.